The van der Waals surface area contributed by atoms with Crippen LogP contribution in [0, 0.1) is 5.92 Å². The summed E-state index contributed by atoms with van der Waals surface area (Å²) in [5.74, 6) is 0.574. The molecule has 1 saturated heterocycles. The second-order valence-corrected chi connectivity index (χ2v) is 3.76. The van der Waals surface area contributed by atoms with Crippen LogP contribution in [0.5, 0.6) is 0 Å². The Labute approximate surface area is 82.9 Å². The van der Waals surface area contributed by atoms with Crippen molar-refractivity contribution < 1.29 is 5.11 Å². The van der Waals surface area contributed by atoms with Crippen LogP contribution in [0.4, 0.5) is 0 Å². The van der Waals surface area contributed by atoms with E-state index in [1.807, 2.05) is 13.8 Å². The summed E-state index contributed by atoms with van der Waals surface area (Å²) in [5.41, 5.74) is 0. The van der Waals surface area contributed by atoms with Gasteiger partial charge in [-0.3, -0.25) is 0 Å². The Morgan fingerprint density at radius 2 is 1.69 bits per heavy atom. The molecule has 1 aliphatic rings. The lowest BCUT2D eigenvalue weighted by Crippen LogP contribution is -2.39. The zero-order chi connectivity index (χ0) is 10.3. The Hall–Kier alpha value is -0.0800. The summed E-state index contributed by atoms with van der Waals surface area (Å²) in [5, 5.41) is 8.90. The van der Waals surface area contributed by atoms with Gasteiger partial charge in [-0.25, -0.2) is 0 Å². The molecule has 0 atom stereocenters. The monoisotopic (exact) mass is 187 g/mol. The molecule has 0 radical (unpaired) electrons. The molecule has 2 heteroatoms. The number of hydrogen-bond donors (Lipinski definition) is 1. The van der Waals surface area contributed by atoms with Crippen molar-refractivity contribution in [2.24, 2.45) is 5.92 Å². The van der Waals surface area contributed by atoms with Gasteiger partial charge in [-0.05, 0) is 45.7 Å². The van der Waals surface area contributed by atoms with Gasteiger partial charge in [0.05, 0.1) is 0 Å². The van der Waals surface area contributed by atoms with Crippen molar-refractivity contribution in [3.05, 3.63) is 0 Å². The van der Waals surface area contributed by atoms with Gasteiger partial charge in [0.2, 0.25) is 0 Å². The van der Waals surface area contributed by atoms with E-state index in [9.17, 15) is 0 Å². The molecule has 0 aromatic heterocycles. The number of hydrogen-bond acceptors (Lipinski definition) is 2. The summed E-state index contributed by atoms with van der Waals surface area (Å²) < 4.78 is 0. The summed E-state index contributed by atoms with van der Waals surface area (Å²) in [7, 11) is 0. The number of piperidine rings is 1. The topological polar surface area (TPSA) is 23.5 Å². The second kappa shape index (κ2) is 7.34. The van der Waals surface area contributed by atoms with E-state index in [1.165, 1.54) is 25.9 Å². The van der Waals surface area contributed by atoms with Gasteiger partial charge in [0.15, 0.2) is 0 Å². The molecule has 0 aromatic rings. The Kier molecular flexibility index (Phi) is 7.29. The van der Waals surface area contributed by atoms with E-state index in [0.717, 1.165) is 0 Å². The molecule has 13 heavy (non-hydrogen) atoms. The first-order valence-electron chi connectivity index (χ1n) is 5.59. The number of aliphatic hydroxyl groups excluding tert-OH is 1. The quantitative estimate of drug-likeness (QED) is 0.716. The predicted molar refractivity (Wildman–Crippen MR) is 57.9 cm³/mol. The average Bonchev–Trinajstić information content (AvgIpc) is 2.21. The van der Waals surface area contributed by atoms with Crippen LogP contribution >= 0.6 is 0 Å². The van der Waals surface area contributed by atoms with Crippen molar-refractivity contribution in [3.8, 4) is 0 Å². The SMILES string of the molecule is CC.CC(C)N1CCC(CO)CC1. The van der Waals surface area contributed by atoms with Gasteiger partial charge in [0, 0.05) is 12.6 Å². The summed E-state index contributed by atoms with van der Waals surface area (Å²) >= 11 is 0. The molecular formula is C11H25NO. The standard InChI is InChI=1S/C9H19NO.C2H6/c1-8(2)10-5-3-9(7-11)4-6-10;1-2/h8-9,11H,3-7H2,1-2H3;1-2H3. The van der Waals surface area contributed by atoms with Gasteiger partial charge in [-0.15, -0.1) is 0 Å². The maximum absolute atomic E-state index is 8.90. The first-order chi connectivity index (χ1) is 6.24. The summed E-state index contributed by atoms with van der Waals surface area (Å²) in [6, 6.07) is 0.676. The third kappa shape index (κ3) is 4.63. The van der Waals surface area contributed by atoms with E-state index in [-0.39, 0.29) is 0 Å². The third-order valence-corrected chi connectivity index (χ3v) is 2.64. The number of likely N-dealkylation sites (tertiary alicyclic amines) is 1. The number of aliphatic hydroxyl groups is 1. The first kappa shape index (κ1) is 12.9. The molecular weight excluding hydrogens is 162 g/mol. The van der Waals surface area contributed by atoms with Crippen LogP contribution in [0.3, 0.4) is 0 Å². The van der Waals surface area contributed by atoms with Crippen molar-refractivity contribution in [1.82, 2.24) is 4.90 Å². The molecule has 80 valence electrons. The molecule has 0 amide bonds. The lowest BCUT2D eigenvalue weighted by atomic mass is 9.97. The molecule has 0 spiro atoms. The molecule has 1 fully saturated rings. The van der Waals surface area contributed by atoms with Gasteiger partial charge < -0.3 is 10.0 Å². The van der Waals surface area contributed by atoms with Crippen molar-refractivity contribution in [1.29, 1.82) is 0 Å². The molecule has 1 N–H and O–H groups in total. The Bertz CT molecular complexity index is 107. The lowest BCUT2D eigenvalue weighted by Gasteiger charge is -2.33. The van der Waals surface area contributed by atoms with Gasteiger partial charge in [0.25, 0.3) is 0 Å². The van der Waals surface area contributed by atoms with Crippen LogP contribution in [-0.2, 0) is 0 Å². The van der Waals surface area contributed by atoms with Gasteiger partial charge >= 0.3 is 0 Å². The van der Waals surface area contributed by atoms with Crippen molar-refractivity contribution in [2.75, 3.05) is 19.7 Å². The highest BCUT2D eigenvalue weighted by atomic mass is 16.3. The summed E-state index contributed by atoms with van der Waals surface area (Å²) in [6.45, 7) is 11.2. The highest BCUT2D eigenvalue weighted by molar-refractivity contribution is 4.73. The molecule has 1 rings (SSSR count). The van der Waals surface area contributed by atoms with Gasteiger partial charge in [-0.2, -0.15) is 0 Å². The predicted octanol–water partition coefficient (Wildman–Crippen LogP) is 2.13. The fourth-order valence-corrected chi connectivity index (χ4v) is 1.65. The van der Waals surface area contributed by atoms with Crippen molar-refractivity contribution in [3.63, 3.8) is 0 Å². The average molecular weight is 187 g/mol. The molecule has 1 aliphatic heterocycles. The van der Waals surface area contributed by atoms with Gasteiger partial charge in [-0.1, -0.05) is 13.8 Å². The smallest absolute Gasteiger partial charge is 0.0460 e. The molecule has 2 nitrogen and oxygen atoms in total. The van der Waals surface area contributed by atoms with E-state index >= 15 is 0 Å². The van der Waals surface area contributed by atoms with Crippen LogP contribution in [0.15, 0.2) is 0 Å². The maximum atomic E-state index is 8.90. The van der Waals surface area contributed by atoms with Gasteiger partial charge in [0.1, 0.15) is 0 Å². The minimum absolute atomic E-state index is 0.381. The zero-order valence-electron chi connectivity index (χ0n) is 9.58. The Morgan fingerprint density at radius 3 is 2.00 bits per heavy atom. The number of nitrogens with zero attached hydrogens (tertiary/aromatic N) is 1. The molecule has 0 aromatic carbocycles. The fraction of sp³-hybridized carbons (Fsp3) is 1.00. The Balaban J connectivity index is 0.000000671. The molecule has 0 saturated carbocycles. The van der Waals surface area contributed by atoms with Crippen LogP contribution in [0.25, 0.3) is 0 Å². The molecule has 0 aliphatic carbocycles. The number of rotatable bonds is 2. The van der Waals surface area contributed by atoms with Crippen LogP contribution in [0.1, 0.15) is 40.5 Å². The molecule has 1 heterocycles. The van der Waals surface area contributed by atoms with E-state index in [2.05, 4.69) is 18.7 Å². The van der Waals surface area contributed by atoms with Crippen LogP contribution in [0.2, 0.25) is 0 Å². The van der Waals surface area contributed by atoms with E-state index in [4.69, 9.17) is 5.11 Å². The normalized spacial score (nSPS) is 19.8. The van der Waals surface area contributed by atoms with E-state index in [0.29, 0.717) is 18.6 Å². The lowest BCUT2D eigenvalue weighted by molar-refractivity contribution is 0.111. The van der Waals surface area contributed by atoms with Crippen LogP contribution in [-0.4, -0.2) is 35.7 Å². The first-order valence-corrected chi connectivity index (χ1v) is 5.59. The Morgan fingerprint density at radius 1 is 1.23 bits per heavy atom. The minimum Gasteiger partial charge on any atom is -0.396 e. The summed E-state index contributed by atoms with van der Waals surface area (Å²) in [6.07, 6.45) is 2.35. The fourth-order valence-electron chi connectivity index (χ4n) is 1.65. The highest BCUT2D eigenvalue weighted by Crippen LogP contribution is 2.17. The molecule has 0 bridgehead atoms. The minimum atomic E-state index is 0.381. The summed E-state index contributed by atoms with van der Waals surface area (Å²) in [4.78, 5) is 2.48. The van der Waals surface area contributed by atoms with E-state index < -0.39 is 0 Å². The third-order valence-electron chi connectivity index (χ3n) is 2.64. The molecule has 0 unspecified atom stereocenters. The zero-order valence-corrected chi connectivity index (χ0v) is 9.58. The largest absolute Gasteiger partial charge is 0.396 e. The highest BCUT2D eigenvalue weighted by Gasteiger charge is 2.19. The maximum Gasteiger partial charge on any atom is 0.0460 e. The van der Waals surface area contributed by atoms with Crippen molar-refractivity contribution >= 4 is 0 Å². The van der Waals surface area contributed by atoms with Crippen molar-refractivity contribution in [2.45, 2.75) is 46.6 Å². The second-order valence-electron chi connectivity index (χ2n) is 3.76. The van der Waals surface area contributed by atoms with Crippen LogP contribution < -0.4 is 0 Å². The van der Waals surface area contributed by atoms with E-state index in [1.54, 1.807) is 0 Å².